The number of halogens is 2. The lowest BCUT2D eigenvalue weighted by Gasteiger charge is -2.13. The first-order valence-corrected chi connectivity index (χ1v) is 8.02. The van der Waals surface area contributed by atoms with Crippen molar-refractivity contribution in [3.8, 4) is 5.75 Å². The lowest BCUT2D eigenvalue weighted by Crippen LogP contribution is -2.20. The van der Waals surface area contributed by atoms with Crippen LogP contribution in [0.5, 0.6) is 5.75 Å². The van der Waals surface area contributed by atoms with E-state index in [0.717, 1.165) is 0 Å². The second-order valence-electron chi connectivity index (χ2n) is 5.15. The second kappa shape index (κ2) is 8.18. The van der Waals surface area contributed by atoms with Gasteiger partial charge in [0.05, 0.1) is 24.1 Å². The number of carbonyl (C=O) groups excluding carboxylic acids is 2. The minimum absolute atomic E-state index is 0.226. The summed E-state index contributed by atoms with van der Waals surface area (Å²) in [4.78, 5) is 27.6. The third-order valence-electron chi connectivity index (χ3n) is 3.31. The average Bonchev–Trinajstić information content (AvgIpc) is 2.60. The molecule has 0 radical (unpaired) electrons. The Morgan fingerprint density at radius 1 is 1.08 bits per heavy atom. The van der Waals surface area contributed by atoms with E-state index in [1.54, 1.807) is 38.1 Å². The number of benzene rings is 1. The molecule has 0 aliphatic rings. The minimum atomic E-state index is -0.450. The van der Waals surface area contributed by atoms with Crippen LogP contribution in [-0.4, -0.2) is 30.6 Å². The lowest BCUT2D eigenvalue weighted by molar-refractivity contribution is -0.118. The molecule has 0 aliphatic carbocycles. The molecule has 1 amide bonds. The Hall–Kier alpha value is -2.31. The van der Waals surface area contributed by atoms with Gasteiger partial charge in [-0.25, -0.2) is 4.79 Å². The van der Waals surface area contributed by atoms with Crippen molar-refractivity contribution in [2.24, 2.45) is 0 Å². The van der Waals surface area contributed by atoms with Crippen molar-refractivity contribution < 1.29 is 19.1 Å². The normalized spacial score (nSPS) is 10.3. The van der Waals surface area contributed by atoms with Crippen molar-refractivity contribution >= 4 is 40.8 Å². The number of aryl methyl sites for hydroxylation is 2. The summed E-state index contributed by atoms with van der Waals surface area (Å²) in [5.74, 6) is -0.622. The fourth-order valence-electron chi connectivity index (χ4n) is 2.04. The summed E-state index contributed by atoms with van der Waals surface area (Å²) in [6, 6.07) is 6.27. The number of ether oxygens (including phenoxy) is 2. The molecule has 1 heterocycles. The van der Waals surface area contributed by atoms with Crippen molar-refractivity contribution in [1.29, 1.82) is 0 Å². The predicted molar refractivity (Wildman–Crippen MR) is 95.6 cm³/mol. The van der Waals surface area contributed by atoms with Gasteiger partial charge in [-0.15, -0.1) is 0 Å². The molecule has 0 aliphatic heterocycles. The number of rotatable bonds is 5. The Bertz CT molecular complexity index is 781. The van der Waals surface area contributed by atoms with E-state index in [9.17, 15) is 9.59 Å². The Morgan fingerprint density at radius 3 is 2.16 bits per heavy atom. The zero-order valence-corrected chi connectivity index (χ0v) is 15.4. The molecule has 6 nitrogen and oxygen atoms in total. The molecule has 25 heavy (non-hydrogen) atoms. The third-order valence-corrected chi connectivity index (χ3v) is 4.20. The number of aromatic nitrogens is 1. The number of hydrogen-bond donors (Lipinski definition) is 1. The van der Waals surface area contributed by atoms with Crippen LogP contribution in [0.4, 0.5) is 5.69 Å². The monoisotopic (exact) mass is 382 g/mol. The summed E-state index contributed by atoms with van der Waals surface area (Å²) in [6.45, 7) is 3.17. The van der Waals surface area contributed by atoms with Crippen LogP contribution in [0.15, 0.2) is 24.3 Å². The van der Waals surface area contributed by atoms with E-state index in [2.05, 4.69) is 15.0 Å². The molecule has 0 bridgehead atoms. The van der Waals surface area contributed by atoms with Gasteiger partial charge in [0, 0.05) is 5.69 Å². The summed E-state index contributed by atoms with van der Waals surface area (Å²) < 4.78 is 10.1. The molecular formula is C17H16Cl2N2O4. The Morgan fingerprint density at radius 2 is 1.64 bits per heavy atom. The van der Waals surface area contributed by atoms with E-state index in [1.807, 2.05) is 0 Å². The molecule has 1 aromatic heterocycles. The maximum atomic E-state index is 12.0. The van der Waals surface area contributed by atoms with Gasteiger partial charge in [0.25, 0.3) is 5.91 Å². The number of methoxy groups -OCH3 is 1. The number of nitrogens with one attached hydrogen (secondary N) is 1. The number of anilines is 1. The Balaban J connectivity index is 2.01. The first-order valence-electron chi connectivity index (χ1n) is 7.26. The summed E-state index contributed by atoms with van der Waals surface area (Å²) in [5, 5.41) is 3.19. The molecular weight excluding hydrogens is 367 g/mol. The van der Waals surface area contributed by atoms with Crippen LogP contribution in [0, 0.1) is 13.8 Å². The highest BCUT2D eigenvalue weighted by Crippen LogP contribution is 2.36. The molecule has 2 aromatic rings. The molecule has 0 fully saturated rings. The van der Waals surface area contributed by atoms with E-state index in [-0.39, 0.29) is 22.4 Å². The minimum Gasteiger partial charge on any atom is -0.480 e. The van der Waals surface area contributed by atoms with Gasteiger partial charge in [-0.3, -0.25) is 9.78 Å². The molecule has 8 heteroatoms. The maximum Gasteiger partial charge on any atom is 0.337 e. The van der Waals surface area contributed by atoms with Crippen LogP contribution in [-0.2, 0) is 9.53 Å². The van der Waals surface area contributed by atoms with Crippen molar-refractivity contribution in [2.45, 2.75) is 13.8 Å². The van der Waals surface area contributed by atoms with Gasteiger partial charge in [-0.05, 0) is 38.1 Å². The first-order chi connectivity index (χ1) is 11.8. The molecule has 1 N–H and O–H groups in total. The van der Waals surface area contributed by atoms with E-state index >= 15 is 0 Å². The zero-order chi connectivity index (χ0) is 18.6. The number of pyridine rings is 1. The van der Waals surface area contributed by atoms with Gasteiger partial charge in [-0.1, -0.05) is 23.2 Å². The van der Waals surface area contributed by atoms with Crippen molar-refractivity contribution in [3.05, 3.63) is 51.3 Å². The molecule has 0 unspecified atom stereocenters. The fourth-order valence-corrected chi connectivity index (χ4v) is 2.47. The highest BCUT2D eigenvalue weighted by atomic mass is 35.5. The smallest absolute Gasteiger partial charge is 0.337 e. The lowest BCUT2D eigenvalue weighted by atomic mass is 10.2. The van der Waals surface area contributed by atoms with Crippen molar-refractivity contribution in [3.63, 3.8) is 0 Å². The molecule has 0 spiro atoms. The molecule has 1 aromatic carbocycles. The highest BCUT2D eigenvalue weighted by molar-refractivity contribution is 6.37. The number of hydrogen-bond acceptors (Lipinski definition) is 5. The number of esters is 1. The summed E-state index contributed by atoms with van der Waals surface area (Å²) in [6.07, 6.45) is 0. The van der Waals surface area contributed by atoms with Gasteiger partial charge in [0.1, 0.15) is 10.0 Å². The standard InChI is InChI=1S/C17H16Cl2N2O4/c1-9-14(18)16(15(19)10(2)20-9)25-8-13(22)21-12-6-4-11(5-7-12)17(23)24-3/h4-7H,8H2,1-3H3,(H,21,22). The summed E-state index contributed by atoms with van der Waals surface area (Å²) >= 11 is 12.3. The van der Waals surface area contributed by atoms with Crippen LogP contribution in [0.25, 0.3) is 0 Å². The quantitative estimate of drug-likeness (QED) is 0.795. The third kappa shape index (κ3) is 4.61. The van der Waals surface area contributed by atoms with Gasteiger partial charge in [0.2, 0.25) is 0 Å². The zero-order valence-electron chi connectivity index (χ0n) is 13.9. The highest BCUT2D eigenvalue weighted by Gasteiger charge is 2.16. The molecule has 0 saturated carbocycles. The summed E-state index contributed by atoms with van der Waals surface area (Å²) in [7, 11) is 1.30. The van der Waals surface area contributed by atoms with Crippen LogP contribution in [0.2, 0.25) is 10.0 Å². The molecule has 2 rings (SSSR count). The van der Waals surface area contributed by atoms with Crippen molar-refractivity contribution in [1.82, 2.24) is 4.98 Å². The number of amides is 1. The molecule has 0 atom stereocenters. The topological polar surface area (TPSA) is 77.5 Å². The Labute approximate surface area is 155 Å². The van der Waals surface area contributed by atoms with Gasteiger partial charge in [0.15, 0.2) is 12.4 Å². The number of nitrogens with zero attached hydrogens (tertiary/aromatic N) is 1. The SMILES string of the molecule is COC(=O)c1ccc(NC(=O)COc2c(Cl)c(C)nc(C)c2Cl)cc1. The van der Waals surface area contributed by atoms with Crippen LogP contribution in [0.3, 0.4) is 0 Å². The van der Waals surface area contributed by atoms with Gasteiger partial charge in [-0.2, -0.15) is 0 Å². The van der Waals surface area contributed by atoms with E-state index in [4.69, 9.17) is 27.9 Å². The van der Waals surface area contributed by atoms with Gasteiger partial charge < -0.3 is 14.8 Å². The number of carbonyl (C=O) groups is 2. The first kappa shape index (κ1) is 19.0. The summed E-state index contributed by atoms with van der Waals surface area (Å²) in [5.41, 5.74) is 2.04. The molecule has 0 saturated heterocycles. The maximum absolute atomic E-state index is 12.0. The van der Waals surface area contributed by atoms with Crippen LogP contribution >= 0.6 is 23.2 Å². The van der Waals surface area contributed by atoms with Crippen molar-refractivity contribution in [2.75, 3.05) is 19.0 Å². The van der Waals surface area contributed by atoms with E-state index in [1.165, 1.54) is 7.11 Å². The predicted octanol–water partition coefficient (Wildman–Crippen LogP) is 3.81. The van der Waals surface area contributed by atoms with E-state index < -0.39 is 11.9 Å². The Kier molecular flexibility index (Phi) is 6.22. The van der Waals surface area contributed by atoms with Gasteiger partial charge >= 0.3 is 5.97 Å². The average molecular weight is 383 g/mol. The van der Waals surface area contributed by atoms with E-state index in [0.29, 0.717) is 22.6 Å². The largest absolute Gasteiger partial charge is 0.480 e. The second-order valence-corrected chi connectivity index (χ2v) is 5.90. The fraction of sp³-hybridized carbons (Fsp3) is 0.235. The van der Waals surface area contributed by atoms with Crippen LogP contribution < -0.4 is 10.1 Å². The van der Waals surface area contributed by atoms with Crippen LogP contribution in [0.1, 0.15) is 21.7 Å². The molecule has 132 valence electrons.